The zero-order valence-electron chi connectivity index (χ0n) is 10.2. The van der Waals surface area contributed by atoms with Crippen molar-refractivity contribution >= 4 is 21.7 Å². The van der Waals surface area contributed by atoms with Gasteiger partial charge in [-0.15, -0.1) is 0 Å². The Bertz CT molecular complexity index is 617. The molecule has 104 valence electrons. The molecule has 1 saturated heterocycles. The zero-order chi connectivity index (χ0) is 14.2. The van der Waals surface area contributed by atoms with Crippen LogP contribution in [0.2, 0.25) is 0 Å². The van der Waals surface area contributed by atoms with Gasteiger partial charge in [0.1, 0.15) is 0 Å². The maximum absolute atomic E-state index is 12.0. The molecule has 0 radical (unpaired) electrons. The molecule has 0 bridgehead atoms. The van der Waals surface area contributed by atoms with Crippen molar-refractivity contribution in [1.29, 1.82) is 0 Å². The molecule has 19 heavy (non-hydrogen) atoms. The van der Waals surface area contributed by atoms with Gasteiger partial charge >= 0.3 is 5.97 Å². The Morgan fingerprint density at radius 1 is 1.37 bits per heavy atom. The second-order valence-corrected chi connectivity index (χ2v) is 6.67. The number of rotatable bonds is 3. The summed E-state index contributed by atoms with van der Waals surface area (Å²) >= 11 is 0. The predicted molar refractivity (Wildman–Crippen MR) is 64.8 cm³/mol. The lowest BCUT2D eigenvalue weighted by atomic mass is 10.2. The molecule has 1 aromatic heterocycles. The maximum atomic E-state index is 12.0. The molecule has 0 aliphatic carbocycles. The Labute approximate surface area is 109 Å². The summed E-state index contributed by atoms with van der Waals surface area (Å²) in [6.07, 6.45) is 0.386. The minimum Gasteiger partial charge on any atom is -0.475 e. The maximum Gasteiger partial charge on any atom is 0.371 e. The summed E-state index contributed by atoms with van der Waals surface area (Å²) in [5.74, 6) is -2.21. The van der Waals surface area contributed by atoms with E-state index in [0.717, 1.165) is 0 Å². The van der Waals surface area contributed by atoms with Crippen molar-refractivity contribution in [1.82, 2.24) is 4.90 Å². The first-order chi connectivity index (χ1) is 8.80. The number of hydrogen-bond acceptors (Lipinski definition) is 5. The fraction of sp³-hybridized carbons (Fsp3) is 0.455. The number of carbonyl (C=O) groups is 2. The highest BCUT2D eigenvalue weighted by Gasteiger charge is 2.34. The highest BCUT2D eigenvalue weighted by atomic mass is 32.2. The summed E-state index contributed by atoms with van der Waals surface area (Å²) in [5, 5.41) is 8.70. The van der Waals surface area contributed by atoms with Crippen molar-refractivity contribution in [3.05, 3.63) is 23.7 Å². The summed E-state index contributed by atoms with van der Waals surface area (Å²) in [6, 6.07) is 2.07. The van der Waals surface area contributed by atoms with E-state index in [4.69, 9.17) is 9.52 Å². The Morgan fingerprint density at radius 3 is 2.47 bits per heavy atom. The molecule has 1 aliphatic heterocycles. The van der Waals surface area contributed by atoms with Crippen LogP contribution in [0.1, 0.15) is 27.5 Å². The van der Waals surface area contributed by atoms with Gasteiger partial charge in [0, 0.05) is 13.1 Å². The van der Waals surface area contributed by atoms with E-state index in [1.807, 2.05) is 0 Å². The summed E-state index contributed by atoms with van der Waals surface area (Å²) in [7, 11) is -1.60. The molecular weight excluding hydrogens is 274 g/mol. The average molecular weight is 287 g/mol. The van der Waals surface area contributed by atoms with Gasteiger partial charge in [-0.1, -0.05) is 0 Å². The molecule has 0 spiro atoms. The van der Waals surface area contributed by atoms with Crippen LogP contribution in [0, 0.1) is 0 Å². The van der Waals surface area contributed by atoms with E-state index in [-0.39, 0.29) is 23.0 Å². The van der Waals surface area contributed by atoms with E-state index in [0.29, 0.717) is 6.42 Å². The van der Waals surface area contributed by atoms with E-state index in [1.165, 1.54) is 24.1 Å². The molecule has 0 aromatic carbocycles. The van der Waals surface area contributed by atoms with Crippen LogP contribution in [-0.4, -0.2) is 54.9 Å². The monoisotopic (exact) mass is 287 g/mol. The predicted octanol–water partition coefficient (Wildman–Crippen LogP) is 0.237. The molecule has 1 aliphatic rings. The fourth-order valence-electron chi connectivity index (χ4n) is 1.99. The van der Waals surface area contributed by atoms with Crippen molar-refractivity contribution in [3.63, 3.8) is 0 Å². The molecule has 1 aromatic rings. The first-order valence-corrected chi connectivity index (χ1v) is 7.43. The van der Waals surface area contributed by atoms with Crippen LogP contribution in [0.25, 0.3) is 0 Å². The van der Waals surface area contributed by atoms with Gasteiger partial charge in [-0.2, -0.15) is 0 Å². The molecule has 2 rings (SSSR count). The fourth-order valence-corrected chi connectivity index (χ4v) is 3.76. The van der Waals surface area contributed by atoms with Gasteiger partial charge in [0.2, 0.25) is 5.76 Å². The second kappa shape index (κ2) is 4.69. The number of carbonyl (C=O) groups excluding carboxylic acids is 1. The third kappa shape index (κ3) is 2.78. The summed E-state index contributed by atoms with van der Waals surface area (Å²) in [5.41, 5.74) is 0. The second-order valence-electron chi connectivity index (χ2n) is 4.44. The Balaban J connectivity index is 2.13. The van der Waals surface area contributed by atoms with Gasteiger partial charge in [-0.25, -0.2) is 13.2 Å². The van der Waals surface area contributed by atoms with Crippen LogP contribution in [-0.2, 0) is 9.84 Å². The lowest BCUT2D eigenvalue weighted by Crippen LogP contribution is -2.37. The number of aromatic carboxylic acids is 1. The molecule has 2 heterocycles. The van der Waals surface area contributed by atoms with Gasteiger partial charge in [0.15, 0.2) is 15.6 Å². The van der Waals surface area contributed by atoms with Crippen molar-refractivity contribution < 1.29 is 27.5 Å². The SMILES string of the molecule is CN(C(=O)c1ccc(C(=O)O)o1)C1CCS(=O)(=O)C1. The number of sulfone groups is 1. The summed E-state index contributed by atoms with van der Waals surface area (Å²) in [4.78, 5) is 24.0. The molecule has 1 fully saturated rings. The lowest BCUT2D eigenvalue weighted by Gasteiger charge is -2.22. The van der Waals surface area contributed by atoms with Crippen LogP contribution in [0.15, 0.2) is 16.5 Å². The molecule has 1 amide bonds. The zero-order valence-corrected chi connectivity index (χ0v) is 11.0. The first kappa shape index (κ1) is 13.6. The average Bonchev–Trinajstić information content (AvgIpc) is 2.93. The standard InChI is InChI=1S/C11H13NO6S/c1-12(7-4-5-19(16,17)6-7)10(13)8-2-3-9(18-8)11(14)15/h2-3,7H,4-6H2,1H3,(H,14,15). The minimum absolute atomic E-state index is 0.0633. The number of carboxylic acids is 1. The van der Waals surface area contributed by atoms with E-state index in [2.05, 4.69) is 0 Å². The van der Waals surface area contributed by atoms with Crippen LogP contribution in [0.4, 0.5) is 0 Å². The number of carboxylic acid groups (broad SMARTS) is 1. The quantitative estimate of drug-likeness (QED) is 0.853. The number of hydrogen-bond donors (Lipinski definition) is 1. The molecule has 0 saturated carbocycles. The highest BCUT2D eigenvalue weighted by Crippen LogP contribution is 2.19. The molecule has 1 unspecified atom stereocenters. The van der Waals surface area contributed by atoms with Crippen molar-refractivity contribution in [3.8, 4) is 0 Å². The molecular formula is C11H13NO6S. The Kier molecular flexibility index (Phi) is 3.36. The first-order valence-electron chi connectivity index (χ1n) is 5.61. The van der Waals surface area contributed by atoms with E-state index >= 15 is 0 Å². The normalized spacial score (nSPS) is 21.2. The molecule has 8 heteroatoms. The largest absolute Gasteiger partial charge is 0.475 e. The van der Waals surface area contributed by atoms with Crippen molar-refractivity contribution in [2.45, 2.75) is 12.5 Å². The summed E-state index contributed by atoms with van der Waals surface area (Å²) < 4.78 is 27.6. The number of nitrogens with zero attached hydrogens (tertiary/aromatic N) is 1. The minimum atomic E-state index is -3.08. The van der Waals surface area contributed by atoms with Crippen LogP contribution < -0.4 is 0 Å². The molecule has 1 N–H and O–H groups in total. The highest BCUT2D eigenvalue weighted by molar-refractivity contribution is 7.91. The van der Waals surface area contributed by atoms with E-state index in [1.54, 1.807) is 0 Å². The Hall–Kier alpha value is -1.83. The summed E-state index contributed by atoms with van der Waals surface area (Å²) in [6.45, 7) is 0. The Morgan fingerprint density at radius 2 is 2.00 bits per heavy atom. The topological polar surface area (TPSA) is 105 Å². The van der Waals surface area contributed by atoms with Crippen molar-refractivity contribution in [2.75, 3.05) is 18.6 Å². The van der Waals surface area contributed by atoms with Crippen LogP contribution in [0.5, 0.6) is 0 Å². The third-order valence-electron chi connectivity index (χ3n) is 3.10. The van der Waals surface area contributed by atoms with E-state index in [9.17, 15) is 18.0 Å². The van der Waals surface area contributed by atoms with Crippen molar-refractivity contribution in [2.24, 2.45) is 0 Å². The molecule has 1 atom stereocenters. The van der Waals surface area contributed by atoms with Crippen LogP contribution in [0.3, 0.4) is 0 Å². The van der Waals surface area contributed by atoms with Gasteiger partial charge < -0.3 is 14.4 Å². The smallest absolute Gasteiger partial charge is 0.371 e. The number of amides is 1. The van der Waals surface area contributed by atoms with Gasteiger partial charge in [-0.3, -0.25) is 4.79 Å². The molecule has 7 nitrogen and oxygen atoms in total. The van der Waals surface area contributed by atoms with Crippen LogP contribution >= 0.6 is 0 Å². The van der Waals surface area contributed by atoms with Gasteiger partial charge in [0.05, 0.1) is 11.5 Å². The van der Waals surface area contributed by atoms with E-state index < -0.39 is 27.8 Å². The van der Waals surface area contributed by atoms with Gasteiger partial charge in [-0.05, 0) is 18.6 Å². The van der Waals surface area contributed by atoms with Gasteiger partial charge in [0.25, 0.3) is 5.91 Å². The lowest BCUT2D eigenvalue weighted by molar-refractivity contribution is 0.0648. The third-order valence-corrected chi connectivity index (χ3v) is 4.85. The number of furan rings is 1.